The lowest BCUT2D eigenvalue weighted by Gasteiger charge is -2.52. The quantitative estimate of drug-likeness (QED) is 0.853. The minimum absolute atomic E-state index is 0.399. The van der Waals surface area contributed by atoms with Crippen molar-refractivity contribution in [1.29, 1.82) is 0 Å². The van der Waals surface area contributed by atoms with Gasteiger partial charge in [-0.15, -0.1) is 0 Å². The van der Waals surface area contributed by atoms with Crippen LogP contribution in [0.2, 0.25) is 0 Å². The van der Waals surface area contributed by atoms with Crippen LogP contribution in [-0.4, -0.2) is 16.6 Å². The molecule has 4 bridgehead atoms. The minimum atomic E-state index is -0.980. The van der Waals surface area contributed by atoms with Gasteiger partial charge in [0.15, 0.2) is 5.79 Å². The van der Waals surface area contributed by atoms with Gasteiger partial charge in [-0.1, -0.05) is 49.4 Å². The molecule has 1 aromatic rings. The van der Waals surface area contributed by atoms with E-state index in [-0.39, 0.29) is 0 Å². The summed E-state index contributed by atoms with van der Waals surface area (Å²) >= 11 is 0. The molecular formula is C23H29NO2. The van der Waals surface area contributed by atoms with Crippen LogP contribution < -0.4 is 5.32 Å². The predicted molar refractivity (Wildman–Crippen MR) is 102 cm³/mol. The number of allylic oxidation sites excluding steroid dienone is 4. The van der Waals surface area contributed by atoms with Crippen LogP contribution >= 0.6 is 0 Å². The van der Waals surface area contributed by atoms with Gasteiger partial charge in [0, 0.05) is 19.4 Å². The third kappa shape index (κ3) is 2.87. The van der Waals surface area contributed by atoms with E-state index in [4.69, 9.17) is 4.74 Å². The summed E-state index contributed by atoms with van der Waals surface area (Å²) in [6.07, 6.45) is 10.8. The van der Waals surface area contributed by atoms with Gasteiger partial charge in [-0.3, -0.25) is 5.32 Å². The summed E-state index contributed by atoms with van der Waals surface area (Å²) in [4.78, 5) is 0. The smallest absolute Gasteiger partial charge is 0.168 e. The van der Waals surface area contributed by atoms with E-state index in [1.54, 1.807) is 0 Å². The van der Waals surface area contributed by atoms with Crippen molar-refractivity contribution in [1.82, 2.24) is 5.32 Å². The second-order valence-electron chi connectivity index (χ2n) is 8.93. The van der Waals surface area contributed by atoms with Crippen LogP contribution in [0.5, 0.6) is 0 Å². The molecule has 4 fully saturated rings. The molecule has 5 aliphatic rings. The molecule has 0 aromatic heterocycles. The highest BCUT2D eigenvalue weighted by Crippen LogP contribution is 2.57. The second kappa shape index (κ2) is 6.05. The Hall–Kier alpha value is -1.42. The lowest BCUT2D eigenvalue weighted by atomic mass is 9.77. The molecule has 6 rings (SSSR count). The normalized spacial score (nSPS) is 41.1. The number of ether oxygens (including phenoxy) is 1. The van der Waals surface area contributed by atoms with Crippen molar-refractivity contribution in [3.63, 3.8) is 0 Å². The van der Waals surface area contributed by atoms with Crippen molar-refractivity contribution in [2.24, 2.45) is 17.8 Å². The van der Waals surface area contributed by atoms with Crippen molar-refractivity contribution in [3.05, 3.63) is 59.2 Å². The molecule has 2 saturated heterocycles. The number of aliphatic hydroxyl groups is 1. The largest absolute Gasteiger partial charge is 0.365 e. The van der Waals surface area contributed by atoms with E-state index in [1.807, 2.05) is 6.07 Å². The molecule has 1 aromatic carbocycles. The fourth-order valence-electron chi connectivity index (χ4n) is 5.77. The van der Waals surface area contributed by atoms with Crippen molar-refractivity contribution in [2.45, 2.75) is 63.5 Å². The van der Waals surface area contributed by atoms with Gasteiger partial charge in [0.1, 0.15) is 5.72 Å². The first kappa shape index (κ1) is 16.7. The molecule has 2 aliphatic heterocycles. The maximum Gasteiger partial charge on any atom is 0.168 e. The lowest BCUT2D eigenvalue weighted by molar-refractivity contribution is -0.335. The lowest BCUT2D eigenvalue weighted by Crippen LogP contribution is -2.62. The monoisotopic (exact) mass is 351 g/mol. The number of hydrogen-bond acceptors (Lipinski definition) is 3. The molecule has 138 valence electrons. The van der Waals surface area contributed by atoms with E-state index in [0.29, 0.717) is 17.8 Å². The van der Waals surface area contributed by atoms with Crippen molar-refractivity contribution < 1.29 is 9.84 Å². The van der Waals surface area contributed by atoms with Gasteiger partial charge >= 0.3 is 0 Å². The Bertz CT molecular complexity index is 755. The second-order valence-corrected chi connectivity index (χ2v) is 8.93. The van der Waals surface area contributed by atoms with E-state index in [0.717, 1.165) is 38.6 Å². The van der Waals surface area contributed by atoms with Crippen molar-refractivity contribution in [3.8, 4) is 0 Å². The summed E-state index contributed by atoms with van der Waals surface area (Å²) in [6.45, 7) is 3.11. The van der Waals surface area contributed by atoms with Crippen LogP contribution in [0.4, 0.5) is 0 Å². The van der Waals surface area contributed by atoms with E-state index < -0.39 is 11.5 Å². The first-order valence-corrected chi connectivity index (χ1v) is 10.2. The number of rotatable bonds is 3. The molecule has 2 N–H and O–H groups in total. The first-order valence-electron chi connectivity index (χ1n) is 10.2. The van der Waals surface area contributed by atoms with Crippen LogP contribution in [-0.2, 0) is 11.3 Å². The SMILES string of the molecule is CC1C=C2C(=CCC1)C1CC3(O)CC2CC(NCc2ccccc2)(C1)O3. The average Bonchev–Trinajstić information content (AvgIpc) is 2.88. The number of benzene rings is 1. The minimum Gasteiger partial charge on any atom is -0.365 e. The highest BCUT2D eigenvalue weighted by Gasteiger charge is 2.58. The maximum absolute atomic E-state index is 11.2. The molecule has 3 heteroatoms. The summed E-state index contributed by atoms with van der Waals surface area (Å²) in [5.41, 5.74) is 3.89. The molecule has 0 spiro atoms. The summed E-state index contributed by atoms with van der Waals surface area (Å²) in [5.74, 6) is 0.447. The van der Waals surface area contributed by atoms with Gasteiger partial charge in [-0.2, -0.15) is 0 Å². The molecule has 26 heavy (non-hydrogen) atoms. The standard InChI is InChI=1S/C23H29NO2/c1-16-6-5-9-20-18-11-22(24-15-17-7-3-2-4-8-17)12-19(21(20)10-16)14-23(25,13-18)26-22/h2-4,7-10,16,18-19,24-25H,5-6,11-15H2,1H3. The zero-order chi connectivity index (χ0) is 17.8. The maximum atomic E-state index is 11.2. The molecule has 5 atom stereocenters. The summed E-state index contributed by atoms with van der Waals surface area (Å²) in [5, 5.41) is 14.9. The topological polar surface area (TPSA) is 41.5 Å². The summed E-state index contributed by atoms with van der Waals surface area (Å²) in [6, 6.07) is 10.5. The molecule has 3 aliphatic carbocycles. The first-order chi connectivity index (χ1) is 12.5. The van der Waals surface area contributed by atoms with Gasteiger partial charge in [0.25, 0.3) is 0 Å². The van der Waals surface area contributed by atoms with E-state index >= 15 is 0 Å². The number of hydrogen-bond donors (Lipinski definition) is 2. The molecule has 5 unspecified atom stereocenters. The van der Waals surface area contributed by atoms with Gasteiger partial charge < -0.3 is 9.84 Å². The third-order valence-corrected chi connectivity index (χ3v) is 6.79. The fourth-order valence-corrected chi connectivity index (χ4v) is 5.77. The van der Waals surface area contributed by atoms with Gasteiger partial charge in [-0.25, -0.2) is 0 Å². The van der Waals surface area contributed by atoms with Crippen LogP contribution in [0.15, 0.2) is 53.6 Å². The predicted octanol–water partition coefficient (Wildman–Crippen LogP) is 4.29. The highest BCUT2D eigenvalue weighted by molar-refractivity contribution is 5.41. The van der Waals surface area contributed by atoms with Gasteiger partial charge in [-0.05, 0) is 60.1 Å². The molecule has 0 amide bonds. The summed E-state index contributed by atoms with van der Waals surface area (Å²) < 4.78 is 6.35. The van der Waals surface area contributed by atoms with Crippen LogP contribution in [0.25, 0.3) is 0 Å². The van der Waals surface area contributed by atoms with Crippen LogP contribution in [0, 0.1) is 17.8 Å². The van der Waals surface area contributed by atoms with Crippen molar-refractivity contribution >= 4 is 0 Å². The molecule has 0 radical (unpaired) electrons. The summed E-state index contributed by atoms with van der Waals surface area (Å²) in [7, 11) is 0. The van der Waals surface area contributed by atoms with Gasteiger partial charge in [0.05, 0.1) is 0 Å². The fraction of sp³-hybridized carbons (Fsp3) is 0.565. The Kier molecular flexibility index (Phi) is 3.89. The Labute approximate surface area is 156 Å². The highest BCUT2D eigenvalue weighted by atomic mass is 16.7. The Morgan fingerprint density at radius 2 is 1.81 bits per heavy atom. The Balaban J connectivity index is 1.49. The van der Waals surface area contributed by atoms with Crippen LogP contribution in [0.3, 0.4) is 0 Å². The zero-order valence-electron chi connectivity index (χ0n) is 15.6. The Morgan fingerprint density at radius 3 is 2.58 bits per heavy atom. The van der Waals surface area contributed by atoms with Crippen LogP contribution in [0.1, 0.15) is 51.0 Å². The number of nitrogens with one attached hydrogen (secondary N) is 1. The molecule has 2 heterocycles. The van der Waals surface area contributed by atoms with Gasteiger partial charge in [0.2, 0.25) is 0 Å². The third-order valence-electron chi connectivity index (χ3n) is 6.79. The average molecular weight is 351 g/mol. The van der Waals surface area contributed by atoms with E-state index in [1.165, 1.54) is 23.1 Å². The zero-order valence-corrected chi connectivity index (χ0v) is 15.6. The molecule has 3 nitrogen and oxygen atoms in total. The van der Waals surface area contributed by atoms with E-state index in [9.17, 15) is 5.11 Å². The van der Waals surface area contributed by atoms with Crippen molar-refractivity contribution in [2.75, 3.05) is 0 Å². The van der Waals surface area contributed by atoms with E-state index in [2.05, 4.69) is 48.7 Å². The molecule has 2 saturated carbocycles. The Morgan fingerprint density at radius 1 is 1.08 bits per heavy atom. The molecular weight excluding hydrogens is 322 g/mol.